The molecule has 0 N–H and O–H groups in total. The Morgan fingerprint density at radius 2 is 1.79 bits per heavy atom. The Kier molecular flexibility index (Phi) is 3.96. The monoisotopic (exact) mass is 256 g/mol. The highest BCUT2D eigenvalue weighted by atomic mass is 15.1. The summed E-state index contributed by atoms with van der Waals surface area (Å²) in [5, 5.41) is 9.31. The average molecular weight is 256 g/mol. The van der Waals surface area contributed by atoms with Crippen molar-refractivity contribution < 1.29 is 0 Å². The van der Waals surface area contributed by atoms with Gasteiger partial charge in [-0.2, -0.15) is 5.26 Å². The molecule has 1 aromatic carbocycles. The number of hydrogen-bond donors (Lipinski definition) is 0. The molecule has 0 saturated heterocycles. The average Bonchev–Trinajstić information content (AvgIpc) is 2.31. The van der Waals surface area contributed by atoms with Crippen molar-refractivity contribution in [3.8, 4) is 6.07 Å². The zero-order valence-electron chi connectivity index (χ0n) is 12.6. The summed E-state index contributed by atoms with van der Waals surface area (Å²) in [6.07, 6.45) is 3.35. The van der Waals surface area contributed by atoms with Gasteiger partial charge in [-0.3, -0.25) is 0 Å². The highest BCUT2D eigenvalue weighted by molar-refractivity contribution is 5.36. The van der Waals surface area contributed by atoms with Crippen molar-refractivity contribution in [2.75, 3.05) is 13.6 Å². The van der Waals surface area contributed by atoms with E-state index in [2.05, 4.69) is 50.9 Å². The van der Waals surface area contributed by atoms with E-state index >= 15 is 0 Å². The van der Waals surface area contributed by atoms with Crippen LogP contribution in [-0.2, 0) is 6.54 Å². The van der Waals surface area contributed by atoms with Gasteiger partial charge >= 0.3 is 0 Å². The lowest BCUT2D eigenvalue weighted by atomic mass is 9.69. The summed E-state index contributed by atoms with van der Waals surface area (Å²) in [6.45, 7) is 8.35. The van der Waals surface area contributed by atoms with E-state index < -0.39 is 0 Å². The molecule has 0 radical (unpaired) electrons. The van der Waals surface area contributed by atoms with E-state index in [9.17, 15) is 5.26 Å². The van der Waals surface area contributed by atoms with Crippen molar-refractivity contribution in [1.82, 2.24) is 4.90 Å². The first-order chi connectivity index (χ1) is 8.96. The van der Waals surface area contributed by atoms with Crippen molar-refractivity contribution in [3.63, 3.8) is 0 Å². The minimum absolute atomic E-state index is 0.0671. The molecule has 2 heteroatoms. The fourth-order valence-electron chi connectivity index (χ4n) is 2.96. The molecule has 1 aliphatic rings. The third-order valence-electron chi connectivity index (χ3n) is 4.51. The summed E-state index contributed by atoms with van der Waals surface area (Å²) >= 11 is 0. The lowest BCUT2D eigenvalue weighted by molar-refractivity contribution is 0.134. The highest BCUT2D eigenvalue weighted by Gasteiger charge is 2.38. The van der Waals surface area contributed by atoms with Crippen LogP contribution in [-0.4, -0.2) is 18.5 Å². The van der Waals surface area contributed by atoms with Crippen LogP contribution in [0.3, 0.4) is 0 Å². The Bertz CT molecular complexity index is 507. The summed E-state index contributed by atoms with van der Waals surface area (Å²) in [6, 6.07) is 7.08. The summed E-state index contributed by atoms with van der Waals surface area (Å²) in [7, 11) is 2.13. The molecule has 0 atom stereocenters. The standard InChI is InChI=1S/C17H24N2/c1-13-8-15(3)16(9-14(13)2)10-19(4)12-17(11-18)6-5-7-17/h8-9H,5-7,10,12H2,1-4H3. The van der Waals surface area contributed by atoms with Crippen molar-refractivity contribution in [3.05, 3.63) is 34.4 Å². The largest absolute Gasteiger partial charge is 0.301 e. The van der Waals surface area contributed by atoms with Crippen LogP contribution in [0, 0.1) is 37.5 Å². The highest BCUT2D eigenvalue weighted by Crippen LogP contribution is 2.40. The van der Waals surface area contributed by atoms with Gasteiger partial charge in [0.2, 0.25) is 0 Å². The van der Waals surface area contributed by atoms with Crippen LogP contribution in [0.25, 0.3) is 0 Å². The molecule has 1 aromatic rings. The van der Waals surface area contributed by atoms with Gasteiger partial charge in [-0.25, -0.2) is 0 Å². The molecule has 1 saturated carbocycles. The van der Waals surface area contributed by atoms with Gasteiger partial charge in [0, 0.05) is 13.1 Å². The minimum Gasteiger partial charge on any atom is -0.301 e. The zero-order chi connectivity index (χ0) is 14.0. The predicted molar refractivity (Wildman–Crippen MR) is 78.9 cm³/mol. The quantitative estimate of drug-likeness (QED) is 0.820. The first-order valence-electron chi connectivity index (χ1n) is 7.12. The van der Waals surface area contributed by atoms with E-state index in [-0.39, 0.29) is 5.41 Å². The predicted octanol–water partition coefficient (Wildman–Crippen LogP) is 3.74. The Hall–Kier alpha value is -1.33. The van der Waals surface area contributed by atoms with Crippen LogP contribution in [0.15, 0.2) is 12.1 Å². The van der Waals surface area contributed by atoms with E-state index in [4.69, 9.17) is 0 Å². The Balaban J connectivity index is 2.05. The van der Waals surface area contributed by atoms with Gasteiger partial charge in [0.15, 0.2) is 0 Å². The van der Waals surface area contributed by atoms with Gasteiger partial charge in [-0.1, -0.05) is 18.6 Å². The van der Waals surface area contributed by atoms with E-state index in [1.54, 1.807) is 0 Å². The number of nitrogens with zero attached hydrogens (tertiary/aromatic N) is 2. The number of hydrogen-bond acceptors (Lipinski definition) is 2. The fraction of sp³-hybridized carbons (Fsp3) is 0.588. The van der Waals surface area contributed by atoms with E-state index in [1.165, 1.54) is 28.7 Å². The maximum absolute atomic E-state index is 9.31. The molecule has 0 heterocycles. The molecule has 0 aromatic heterocycles. The summed E-state index contributed by atoms with van der Waals surface area (Å²) in [5.74, 6) is 0. The zero-order valence-corrected chi connectivity index (χ0v) is 12.6. The maximum Gasteiger partial charge on any atom is 0.0703 e. The molecule has 0 aliphatic heterocycles. The number of aryl methyl sites for hydroxylation is 3. The number of benzene rings is 1. The molecule has 2 nitrogen and oxygen atoms in total. The van der Waals surface area contributed by atoms with Crippen LogP contribution in [0.2, 0.25) is 0 Å². The normalized spacial score (nSPS) is 17.1. The van der Waals surface area contributed by atoms with E-state index in [1.807, 2.05) is 0 Å². The third kappa shape index (κ3) is 2.98. The second kappa shape index (κ2) is 5.35. The molecule has 102 valence electrons. The van der Waals surface area contributed by atoms with Gasteiger partial charge in [0.05, 0.1) is 11.5 Å². The van der Waals surface area contributed by atoms with Crippen LogP contribution >= 0.6 is 0 Å². The van der Waals surface area contributed by atoms with Gasteiger partial charge in [-0.05, 0) is 62.9 Å². The topological polar surface area (TPSA) is 27.0 Å². The molecule has 0 unspecified atom stereocenters. The molecular weight excluding hydrogens is 232 g/mol. The first-order valence-corrected chi connectivity index (χ1v) is 7.12. The molecule has 0 amide bonds. The summed E-state index contributed by atoms with van der Waals surface area (Å²) < 4.78 is 0. The lowest BCUT2D eigenvalue weighted by Gasteiger charge is -2.38. The van der Waals surface area contributed by atoms with E-state index in [0.29, 0.717) is 0 Å². The second-order valence-electron chi connectivity index (χ2n) is 6.28. The van der Waals surface area contributed by atoms with Crippen LogP contribution in [0.1, 0.15) is 41.5 Å². The molecule has 0 bridgehead atoms. The molecule has 0 spiro atoms. The number of rotatable bonds is 4. The molecule has 19 heavy (non-hydrogen) atoms. The van der Waals surface area contributed by atoms with Gasteiger partial charge < -0.3 is 4.90 Å². The van der Waals surface area contributed by atoms with Crippen LogP contribution in [0.5, 0.6) is 0 Å². The van der Waals surface area contributed by atoms with Crippen molar-refractivity contribution in [2.45, 2.75) is 46.6 Å². The minimum atomic E-state index is -0.0671. The van der Waals surface area contributed by atoms with Gasteiger partial charge in [0.1, 0.15) is 0 Å². The van der Waals surface area contributed by atoms with Gasteiger partial charge in [-0.15, -0.1) is 0 Å². The smallest absolute Gasteiger partial charge is 0.0703 e. The lowest BCUT2D eigenvalue weighted by Crippen LogP contribution is -2.39. The summed E-state index contributed by atoms with van der Waals surface area (Å²) in [5.41, 5.74) is 5.39. The van der Waals surface area contributed by atoms with Crippen LogP contribution in [0.4, 0.5) is 0 Å². The Morgan fingerprint density at radius 1 is 1.16 bits per heavy atom. The van der Waals surface area contributed by atoms with E-state index in [0.717, 1.165) is 25.9 Å². The molecule has 1 aliphatic carbocycles. The van der Waals surface area contributed by atoms with Crippen molar-refractivity contribution >= 4 is 0 Å². The van der Waals surface area contributed by atoms with Crippen molar-refractivity contribution in [1.29, 1.82) is 5.26 Å². The van der Waals surface area contributed by atoms with Crippen molar-refractivity contribution in [2.24, 2.45) is 5.41 Å². The second-order valence-corrected chi connectivity index (χ2v) is 6.28. The van der Waals surface area contributed by atoms with Gasteiger partial charge in [0.25, 0.3) is 0 Å². The van der Waals surface area contributed by atoms with Crippen LogP contribution < -0.4 is 0 Å². The molecular formula is C17H24N2. The fourth-order valence-corrected chi connectivity index (χ4v) is 2.96. The maximum atomic E-state index is 9.31. The third-order valence-corrected chi connectivity index (χ3v) is 4.51. The Labute approximate surface area is 117 Å². The Morgan fingerprint density at radius 3 is 2.32 bits per heavy atom. The summed E-state index contributed by atoms with van der Waals surface area (Å²) in [4.78, 5) is 2.31. The molecule has 2 rings (SSSR count). The molecule has 1 fully saturated rings. The SMILES string of the molecule is Cc1cc(C)c(CN(C)CC2(C#N)CCC2)cc1C. The number of nitriles is 1. The first kappa shape index (κ1) is 14.1.